The summed E-state index contributed by atoms with van der Waals surface area (Å²) in [6, 6.07) is 7.98. The Morgan fingerprint density at radius 2 is 2.07 bits per heavy atom. The maximum absolute atomic E-state index is 5.54. The van der Waals surface area contributed by atoms with Gasteiger partial charge >= 0.3 is 0 Å². The van der Waals surface area contributed by atoms with Crippen LogP contribution in [0.25, 0.3) is 0 Å². The van der Waals surface area contributed by atoms with E-state index in [1.54, 1.807) is 0 Å². The minimum atomic E-state index is 0.529. The predicted molar refractivity (Wildman–Crippen MR) is 68.3 cm³/mol. The monoisotopic (exact) mass is 347 g/mol. The van der Waals surface area contributed by atoms with Crippen molar-refractivity contribution in [2.24, 2.45) is 0 Å². The minimum absolute atomic E-state index is 0.529. The highest BCUT2D eigenvalue weighted by atomic mass is 79.9. The fourth-order valence-electron chi connectivity index (χ4n) is 1.06. The first-order valence-electron chi connectivity index (χ1n) is 4.23. The van der Waals surface area contributed by atoms with E-state index in [2.05, 4.69) is 36.8 Å². The van der Waals surface area contributed by atoms with Gasteiger partial charge in [-0.25, -0.2) is 0 Å². The zero-order valence-corrected chi connectivity index (χ0v) is 11.6. The summed E-state index contributed by atoms with van der Waals surface area (Å²) in [4.78, 5) is 4.15. The molecule has 0 spiro atoms. The Morgan fingerprint density at radius 3 is 2.73 bits per heavy atom. The Labute approximate surface area is 109 Å². The summed E-state index contributed by atoms with van der Waals surface area (Å²) in [7, 11) is 0. The van der Waals surface area contributed by atoms with Crippen LogP contribution in [0.5, 0.6) is 5.19 Å². The third kappa shape index (κ3) is 3.03. The third-order valence-electron chi connectivity index (χ3n) is 1.76. The van der Waals surface area contributed by atoms with Crippen LogP contribution < -0.4 is 4.74 Å². The molecule has 0 amide bonds. The SMILES string of the molecule is Brc1csc(OCc2ccccc2Br)n1. The largest absolute Gasteiger partial charge is 0.465 e. The predicted octanol–water partition coefficient (Wildman–Crippen LogP) is 4.25. The molecule has 2 aromatic rings. The Bertz CT molecular complexity index is 458. The highest BCUT2D eigenvalue weighted by Crippen LogP contribution is 2.24. The lowest BCUT2D eigenvalue weighted by atomic mass is 10.2. The molecule has 2 nitrogen and oxygen atoms in total. The summed E-state index contributed by atoms with van der Waals surface area (Å²) in [5, 5.41) is 2.58. The first kappa shape index (κ1) is 11.1. The van der Waals surface area contributed by atoms with Crippen molar-refractivity contribution < 1.29 is 4.74 Å². The van der Waals surface area contributed by atoms with Crippen molar-refractivity contribution in [3.8, 4) is 5.19 Å². The molecular formula is C10H7Br2NOS. The summed E-state index contributed by atoms with van der Waals surface area (Å²) >= 11 is 8.23. The van der Waals surface area contributed by atoms with Gasteiger partial charge in [0.2, 0.25) is 0 Å². The van der Waals surface area contributed by atoms with Gasteiger partial charge < -0.3 is 4.74 Å². The van der Waals surface area contributed by atoms with E-state index in [1.807, 2.05) is 29.6 Å². The van der Waals surface area contributed by atoms with Crippen molar-refractivity contribution in [1.29, 1.82) is 0 Å². The summed E-state index contributed by atoms with van der Waals surface area (Å²) in [6.07, 6.45) is 0. The number of benzene rings is 1. The van der Waals surface area contributed by atoms with E-state index in [9.17, 15) is 0 Å². The molecule has 1 heterocycles. The van der Waals surface area contributed by atoms with Crippen LogP contribution in [-0.4, -0.2) is 4.98 Å². The third-order valence-corrected chi connectivity index (χ3v) is 4.00. The van der Waals surface area contributed by atoms with Crippen molar-refractivity contribution in [2.45, 2.75) is 6.61 Å². The summed E-state index contributed by atoms with van der Waals surface area (Å²) in [5.74, 6) is 0. The topological polar surface area (TPSA) is 22.1 Å². The van der Waals surface area contributed by atoms with Crippen molar-refractivity contribution >= 4 is 43.2 Å². The van der Waals surface area contributed by atoms with Crippen LogP contribution in [0.15, 0.2) is 38.7 Å². The molecule has 0 atom stereocenters. The van der Waals surface area contributed by atoms with E-state index in [0.717, 1.165) is 14.6 Å². The van der Waals surface area contributed by atoms with Crippen molar-refractivity contribution in [2.75, 3.05) is 0 Å². The van der Waals surface area contributed by atoms with E-state index in [-0.39, 0.29) is 0 Å². The van der Waals surface area contributed by atoms with Crippen LogP contribution in [0.1, 0.15) is 5.56 Å². The van der Waals surface area contributed by atoms with Gasteiger partial charge in [0, 0.05) is 15.4 Å². The molecule has 2 rings (SSSR count). The molecule has 0 aliphatic carbocycles. The number of aromatic nitrogens is 1. The summed E-state index contributed by atoms with van der Waals surface area (Å²) in [6.45, 7) is 0.529. The Balaban J connectivity index is 2.02. The fourth-order valence-corrected chi connectivity index (χ4v) is 2.55. The molecule has 0 bridgehead atoms. The van der Waals surface area contributed by atoms with Crippen LogP contribution in [0.4, 0.5) is 0 Å². The number of nitrogens with zero attached hydrogens (tertiary/aromatic N) is 1. The molecule has 1 aromatic heterocycles. The van der Waals surface area contributed by atoms with Gasteiger partial charge in [0.05, 0.1) is 0 Å². The summed E-state index contributed by atoms with van der Waals surface area (Å²) < 4.78 is 7.41. The van der Waals surface area contributed by atoms with Gasteiger partial charge in [-0.05, 0) is 22.0 Å². The Morgan fingerprint density at radius 1 is 1.27 bits per heavy atom. The van der Waals surface area contributed by atoms with Crippen LogP contribution in [-0.2, 0) is 6.61 Å². The van der Waals surface area contributed by atoms with Gasteiger partial charge in [-0.3, -0.25) is 0 Å². The maximum Gasteiger partial charge on any atom is 0.274 e. The first-order valence-corrected chi connectivity index (χ1v) is 6.69. The van der Waals surface area contributed by atoms with Gasteiger partial charge in [-0.2, -0.15) is 4.98 Å². The quantitative estimate of drug-likeness (QED) is 0.827. The molecule has 0 N–H and O–H groups in total. The maximum atomic E-state index is 5.54. The van der Waals surface area contributed by atoms with Crippen LogP contribution in [0.2, 0.25) is 0 Å². The molecule has 1 aromatic carbocycles. The van der Waals surface area contributed by atoms with Crippen molar-refractivity contribution in [3.63, 3.8) is 0 Å². The van der Waals surface area contributed by atoms with Gasteiger partial charge in [0.25, 0.3) is 5.19 Å². The molecule has 78 valence electrons. The molecule has 0 unspecified atom stereocenters. The first-order chi connectivity index (χ1) is 7.25. The standard InChI is InChI=1S/C10H7Br2NOS/c11-8-4-2-1-3-7(8)5-14-10-13-9(12)6-15-10/h1-4,6H,5H2. The van der Waals surface area contributed by atoms with E-state index in [0.29, 0.717) is 11.8 Å². The minimum Gasteiger partial charge on any atom is -0.465 e. The lowest BCUT2D eigenvalue weighted by Gasteiger charge is -2.04. The molecule has 0 aliphatic heterocycles. The second-order valence-electron chi connectivity index (χ2n) is 2.82. The molecule has 15 heavy (non-hydrogen) atoms. The zero-order valence-electron chi connectivity index (χ0n) is 7.61. The van der Waals surface area contributed by atoms with Gasteiger partial charge in [-0.15, -0.1) is 0 Å². The molecular weight excluding hydrogens is 342 g/mol. The molecule has 5 heteroatoms. The van der Waals surface area contributed by atoms with E-state index >= 15 is 0 Å². The number of hydrogen-bond donors (Lipinski definition) is 0. The van der Waals surface area contributed by atoms with Gasteiger partial charge in [-0.1, -0.05) is 45.5 Å². The van der Waals surface area contributed by atoms with Crippen LogP contribution in [0, 0.1) is 0 Å². The molecule has 0 radical (unpaired) electrons. The van der Waals surface area contributed by atoms with E-state index in [1.165, 1.54) is 11.3 Å². The van der Waals surface area contributed by atoms with Gasteiger partial charge in [0.15, 0.2) is 0 Å². The lowest BCUT2D eigenvalue weighted by Crippen LogP contribution is -1.95. The highest BCUT2D eigenvalue weighted by Gasteiger charge is 2.02. The van der Waals surface area contributed by atoms with E-state index in [4.69, 9.17) is 4.74 Å². The number of hydrogen-bond acceptors (Lipinski definition) is 3. The highest BCUT2D eigenvalue weighted by molar-refractivity contribution is 9.10. The van der Waals surface area contributed by atoms with Crippen LogP contribution in [0.3, 0.4) is 0 Å². The number of halogens is 2. The molecule has 0 aliphatic rings. The Hall–Kier alpha value is -0.390. The average Bonchev–Trinajstić information content (AvgIpc) is 2.63. The van der Waals surface area contributed by atoms with E-state index < -0.39 is 0 Å². The molecule has 0 saturated heterocycles. The lowest BCUT2D eigenvalue weighted by molar-refractivity contribution is 0.303. The van der Waals surface area contributed by atoms with Crippen LogP contribution >= 0.6 is 43.2 Å². The number of ether oxygens (including phenoxy) is 1. The van der Waals surface area contributed by atoms with Gasteiger partial charge in [0.1, 0.15) is 11.2 Å². The normalized spacial score (nSPS) is 10.3. The van der Waals surface area contributed by atoms with Crippen molar-refractivity contribution in [1.82, 2.24) is 4.98 Å². The average molecular weight is 349 g/mol. The van der Waals surface area contributed by atoms with Crippen molar-refractivity contribution in [3.05, 3.63) is 44.3 Å². The number of rotatable bonds is 3. The second-order valence-corrected chi connectivity index (χ2v) is 5.30. The molecule has 0 saturated carbocycles. The number of thiazole rings is 1. The summed E-state index contributed by atoms with van der Waals surface area (Å²) in [5.41, 5.74) is 1.11. The fraction of sp³-hybridized carbons (Fsp3) is 0.100. The zero-order chi connectivity index (χ0) is 10.7. The molecule has 0 fully saturated rings. The smallest absolute Gasteiger partial charge is 0.274 e. The second kappa shape index (κ2) is 5.09. The Kier molecular flexibility index (Phi) is 3.77.